The zero-order valence-corrected chi connectivity index (χ0v) is 11.7. The third-order valence-electron chi connectivity index (χ3n) is 2.43. The second-order valence-corrected chi connectivity index (χ2v) is 4.18. The molecule has 0 aliphatic rings. The highest BCUT2D eigenvalue weighted by molar-refractivity contribution is 6.30. The number of hydrogen-bond acceptors (Lipinski definition) is 5. The number of anilines is 1. The maximum Gasteiger partial charge on any atom is 0.268 e. The van der Waals surface area contributed by atoms with E-state index in [0.29, 0.717) is 18.1 Å². The van der Waals surface area contributed by atoms with Crippen molar-refractivity contribution in [3.63, 3.8) is 0 Å². The van der Waals surface area contributed by atoms with E-state index in [4.69, 9.17) is 21.1 Å². The molecule has 20 heavy (non-hydrogen) atoms. The molecule has 1 aromatic carbocycles. The van der Waals surface area contributed by atoms with Crippen molar-refractivity contribution in [2.75, 3.05) is 19.0 Å². The Bertz CT molecular complexity index is 610. The van der Waals surface area contributed by atoms with Gasteiger partial charge in [-0.2, -0.15) is 4.98 Å². The van der Waals surface area contributed by atoms with Crippen LogP contribution in [0.3, 0.4) is 0 Å². The van der Waals surface area contributed by atoms with Crippen molar-refractivity contribution in [2.45, 2.75) is 6.92 Å². The number of hydrogen-bond donors (Lipinski definition) is 1. The Balaban J connectivity index is 2.32. The van der Waals surface area contributed by atoms with E-state index in [1.807, 2.05) is 6.92 Å². The smallest absolute Gasteiger partial charge is 0.268 e. The third-order valence-corrected chi connectivity index (χ3v) is 2.73. The number of methoxy groups -OCH3 is 1. The fraction of sp³-hybridized carbons (Fsp3) is 0.231. The second-order valence-electron chi connectivity index (χ2n) is 3.77. The van der Waals surface area contributed by atoms with Crippen LogP contribution in [0, 0.1) is 5.82 Å². The molecule has 2 rings (SSSR count). The zero-order chi connectivity index (χ0) is 14.5. The first kappa shape index (κ1) is 14.3. The molecule has 1 N–H and O–H groups in total. The lowest BCUT2D eigenvalue weighted by molar-refractivity contribution is 0.368. The fourth-order valence-electron chi connectivity index (χ4n) is 1.56. The number of aromatic nitrogens is 2. The molecular weight excluding hydrogens is 285 g/mol. The van der Waals surface area contributed by atoms with Gasteiger partial charge in [0.05, 0.1) is 12.1 Å². The first-order chi connectivity index (χ1) is 9.65. The van der Waals surface area contributed by atoms with Crippen molar-refractivity contribution < 1.29 is 13.9 Å². The predicted molar refractivity (Wildman–Crippen MR) is 74.2 cm³/mol. The topological polar surface area (TPSA) is 56.3 Å². The summed E-state index contributed by atoms with van der Waals surface area (Å²) in [7, 11) is 1.48. The summed E-state index contributed by atoms with van der Waals surface area (Å²) in [4.78, 5) is 8.04. The molecule has 0 radical (unpaired) electrons. The summed E-state index contributed by atoms with van der Waals surface area (Å²) < 4.78 is 24.1. The number of halogens is 2. The van der Waals surface area contributed by atoms with Crippen molar-refractivity contribution in [3.8, 4) is 17.4 Å². The summed E-state index contributed by atoms with van der Waals surface area (Å²) in [5.41, 5.74) is 0. The molecule has 1 heterocycles. The van der Waals surface area contributed by atoms with Crippen LogP contribution in [0.25, 0.3) is 0 Å². The molecule has 0 unspecified atom stereocenters. The molecule has 0 aliphatic carbocycles. The molecule has 0 spiro atoms. The van der Waals surface area contributed by atoms with Gasteiger partial charge in [-0.1, -0.05) is 11.6 Å². The van der Waals surface area contributed by atoms with Crippen molar-refractivity contribution >= 4 is 17.4 Å². The van der Waals surface area contributed by atoms with Crippen LogP contribution >= 0.6 is 11.6 Å². The van der Waals surface area contributed by atoms with E-state index >= 15 is 0 Å². The average Bonchev–Trinajstić information content (AvgIpc) is 2.44. The van der Waals surface area contributed by atoms with Crippen LogP contribution in [0.4, 0.5) is 10.2 Å². The van der Waals surface area contributed by atoms with Crippen LogP contribution in [-0.2, 0) is 0 Å². The van der Waals surface area contributed by atoms with E-state index in [2.05, 4.69) is 15.3 Å². The highest BCUT2D eigenvalue weighted by Crippen LogP contribution is 2.34. The normalized spacial score (nSPS) is 10.2. The summed E-state index contributed by atoms with van der Waals surface area (Å²) >= 11 is 5.62. The van der Waals surface area contributed by atoms with E-state index in [1.54, 1.807) is 6.07 Å². The first-order valence-electron chi connectivity index (χ1n) is 5.91. The summed E-state index contributed by atoms with van der Waals surface area (Å²) in [5.74, 6) is 0.759. The summed E-state index contributed by atoms with van der Waals surface area (Å²) in [6.07, 6.45) is 1.34. The van der Waals surface area contributed by atoms with Gasteiger partial charge >= 0.3 is 0 Å². The van der Waals surface area contributed by atoms with Crippen LogP contribution in [0.5, 0.6) is 17.4 Å². The fourth-order valence-corrected chi connectivity index (χ4v) is 1.68. The van der Waals surface area contributed by atoms with Crippen LogP contribution in [0.1, 0.15) is 6.92 Å². The number of nitrogens with one attached hydrogen (secondary N) is 1. The number of rotatable bonds is 5. The molecule has 0 aliphatic heterocycles. The Morgan fingerprint density at radius 3 is 2.80 bits per heavy atom. The van der Waals surface area contributed by atoms with E-state index in [1.165, 1.54) is 25.6 Å². The van der Waals surface area contributed by atoms with Crippen molar-refractivity contribution in [3.05, 3.63) is 35.4 Å². The van der Waals surface area contributed by atoms with Gasteiger partial charge < -0.3 is 14.8 Å². The van der Waals surface area contributed by atoms with Gasteiger partial charge in [0, 0.05) is 12.6 Å². The summed E-state index contributed by atoms with van der Waals surface area (Å²) in [6, 6.07) is 4.13. The highest BCUT2D eigenvalue weighted by Gasteiger charge is 2.14. The molecule has 106 valence electrons. The van der Waals surface area contributed by atoms with E-state index in [-0.39, 0.29) is 16.7 Å². The summed E-state index contributed by atoms with van der Waals surface area (Å²) in [6.45, 7) is 2.60. The SMILES string of the molecule is CCNc1ncnc(Oc2ccc(Cl)c(F)c2)c1OC. The Hall–Kier alpha value is -2.08. The Morgan fingerprint density at radius 1 is 1.35 bits per heavy atom. The standard InChI is InChI=1S/C13H13ClFN3O2/c1-3-16-12-11(19-2)13(18-7-17-12)20-8-4-5-9(14)10(15)6-8/h4-7H,3H2,1-2H3,(H,16,17,18). The van der Waals surface area contributed by atoms with Gasteiger partial charge in [0.15, 0.2) is 5.82 Å². The largest absolute Gasteiger partial charge is 0.489 e. The molecule has 0 atom stereocenters. The number of nitrogens with zero attached hydrogens (tertiary/aromatic N) is 2. The lowest BCUT2D eigenvalue weighted by Crippen LogP contribution is -2.04. The van der Waals surface area contributed by atoms with E-state index in [9.17, 15) is 4.39 Å². The molecular formula is C13H13ClFN3O2. The number of benzene rings is 1. The summed E-state index contributed by atoms with van der Waals surface area (Å²) in [5, 5.41) is 3.05. The molecule has 0 fully saturated rings. The Morgan fingerprint density at radius 2 is 2.15 bits per heavy atom. The minimum Gasteiger partial charge on any atom is -0.489 e. The quantitative estimate of drug-likeness (QED) is 0.915. The van der Waals surface area contributed by atoms with E-state index in [0.717, 1.165) is 0 Å². The van der Waals surface area contributed by atoms with Crippen LogP contribution < -0.4 is 14.8 Å². The van der Waals surface area contributed by atoms with Crippen molar-refractivity contribution in [1.29, 1.82) is 0 Å². The molecule has 1 aromatic heterocycles. The molecule has 0 bridgehead atoms. The Labute approximate surface area is 120 Å². The predicted octanol–water partition coefficient (Wildman–Crippen LogP) is 3.50. The molecule has 0 amide bonds. The zero-order valence-electron chi connectivity index (χ0n) is 11.0. The molecule has 5 nitrogen and oxygen atoms in total. The van der Waals surface area contributed by atoms with Gasteiger partial charge in [0.1, 0.15) is 17.9 Å². The lowest BCUT2D eigenvalue weighted by atomic mass is 10.3. The second kappa shape index (κ2) is 6.38. The van der Waals surface area contributed by atoms with Gasteiger partial charge in [-0.25, -0.2) is 9.37 Å². The maximum absolute atomic E-state index is 13.4. The molecule has 0 saturated heterocycles. The molecule has 2 aromatic rings. The van der Waals surface area contributed by atoms with Crippen LogP contribution in [0.15, 0.2) is 24.5 Å². The molecule has 0 saturated carbocycles. The first-order valence-corrected chi connectivity index (χ1v) is 6.29. The highest BCUT2D eigenvalue weighted by atomic mass is 35.5. The minimum atomic E-state index is -0.566. The van der Waals surface area contributed by atoms with E-state index < -0.39 is 5.82 Å². The van der Waals surface area contributed by atoms with Gasteiger partial charge in [0.25, 0.3) is 5.88 Å². The van der Waals surface area contributed by atoms with Gasteiger partial charge in [-0.3, -0.25) is 0 Å². The maximum atomic E-state index is 13.4. The van der Waals surface area contributed by atoms with Gasteiger partial charge in [-0.05, 0) is 19.1 Å². The number of ether oxygens (including phenoxy) is 2. The monoisotopic (exact) mass is 297 g/mol. The van der Waals surface area contributed by atoms with Gasteiger partial charge in [-0.15, -0.1) is 0 Å². The third kappa shape index (κ3) is 3.08. The van der Waals surface area contributed by atoms with Crippen LogP contribution in [0.2, 0.25) is 5.02 Å². The van der Waals surface area contributed by atoms with Crippen molar-refractivity contribution in [2.24, 2.45) is 0 Å². The van der Waals surface area contributed by atoms with Crippen LogP contribution in [-0.4, -0.2) is 23.6 Å². The lowest BCUT2D eigenvalue weighted by Gasteiger charge is -2.12. The minimum absolute atomic E-state index is 0.0281. The van der Waals surface area contributed by atoms with Crippen molar-refractivity contribution in [1.82, 2.24) is 9.97 Å². The van der Waals surface area contributed by atoms with Gasteiger partial charge in [0.2, 0.25) is 5.75 Å². The average molecular weight is 298 g/mol. The Kier molecular flexibility index (Phi) is 4.57. The molecule has 7 heteroatoms.